The van der Waals surface area contributed by atoms with E-state index in [1.807, 2.05) is 42.7 Å². The summed E-state index contributed by atoms with van der Waals surface area (Å²) in [4.78, 5) is 27.1. The van der Waals surface area contributed by atoms with Gasteiger partial charge < -0.3 is 5.73 Å². The van der Waals surface area contributed by atoms with Crippen LogP contribution in [0.2, 0.25) is 0 Å². The van der Waals surface area contributed by atoms with Crippen molar-refractivity contribution in [2.24, 2.45) is 5.73 Å². The van der Waals surface area contributed by atoms with Crippen molar-refractivity contribution in [1.82, 2.24) is 9.21 Å². The van der Waals surface area contributed by atoms with E-state index in [0.29, 0.717) is 17.7 Å². The quantitative estimate of drug-likeness (QED) is 0.683. The van der Waals surface area contributed by atoms with E-state index < -0.39 is 0 Å². The van der Waals surface area contributed by atoms with Crippen LogP contribution in [0.25, 0.3) is 0 Å². The highest BCUT2D eigenvalue weighted by molar-refractivity contribution is 7.97. The molecule has 1 aliphatic heterocycles. The molecule has 2 amide bonds. The van der Waals surface area contributed by atoms with Crippen LogP contribution in [0.15, 0.2) is 53.4 Å². The minimum atomic E-state index is -0.215. The fourth-order valence-electron chi connectivity index (χ4n) is 2.43. The number of rotatable bonds is 4. The van der Waals surface area contributed by atoms with E-state index in [-0.39, 0.29) is 11.8 Å². The van der Waals surface area contributed by atoms with Gasteiger partial charge in [0, 0.05) is 4.90 Å². The third kappa shape index (κ3) is 3.84. The monoisotopic (exact) mass is 343 g/mol. The van der Waals surface area contributed by atoms with Crippen LogP contribution in [-0.4, -0.2) is 42.2 Å². The SMILES string of the molecule is CN.CN(C)Sc1ccc(CN2C(=O)c3ccccc3C2=O)cc1. The summed E-state index contributed by atoms with van der Waals surface area (Å²) >= 11 is 1.63. The van der Waals surface area contributed by atoms with Crippen molar-refractivity contribution in [1.29, 1.82) is 0 Å². The minimum Gasteiger partial charge on any atom is -0.333 e. The van der Waals surface area contributed by atoms with Gasteiger partial charge in [0.25, 0.3) is 11.8 Å². The first-order chi connectivity index (χ1) is 11.6. The van der Waals surface area contributed by atoms with Gasteiger partial charge in [-0.2, -0.15) is 0 Å². The minimum absolute atomic E-state index is 0.215. The predicted molar refractivity (Wildman–Crippen MR) is 96.7 cm³/mol. The highest BCUT2D eigenvalue weighted by Gasteiger charge is 2.34. The molecule has 24 heavy (non-hydrogen) atoms. The Balaban J connectivity index is 0.00000100. The lowest BCUT2D eigenvalue weighted by atomic mass is 10.1. The largest absolute Gasteiger partial charge is 0.333 e. The number of nitrogens with two attached hydrogens (primary N) is 1. The average Bonchev–Trinajstić information content (AvgIpc) is 2.83. The molecule has 2 aromatic carbocycles. The first-order valence-electron chi connectivity index (χ1n) is 7.53. The summed E-state index contributed by atoms with van der Waals surface area (Å²) in [7, 11) is 5.47. The second-order valence-corrected chi connectivity index (χ2v) is 6.67. The van der Waals surface area contributed by atoms with Gasteiger partial charge in [-0.1, -0.05) is 24.3 Å². The molecule has 6 heteroatoms. The van der Waals surface area contributed by atoms with E-state index >= 15 is 0 Å². The van der Waals surface area contributed by atoms with Crippen LogP contribution in [0.3, 0.4) is 0 Å². The molecule has 0 radical (unpaired) electrons. The van der Waals surface area contributed by atoms with Gasteiger partial charge in [0.15, 0.2) is 0 Å². The molecule has 0 spiro atoms. The Morgan fingerprint density at radius 3 is 1.88 bits per heavy atom. The Hall–Kier alpha value is -2.15. The number of imide groups is 1. The van der Waals surface area contributed by atoms with E-state index in [1.54, 1.807) is 36.2 Å². The molecule has 126 valence electrons. The Morgan fingerprint density at radius 1 is 0.917 bits per heavy atom. The zero-order valence-corrected chi connectivity index (χ0v) is 14.8. The number of hydrogen-bond acceptors (Lipinski definition) is 5. The van der Waals surface area contributed by atoms with Gasteiger partial charge in [-0.15, -0.1) is 0 Å². The van der Waals surface area contributed by atoms with Crippen LogP contribution >= 0.6 is 11.9 Å². The summed E-state index contributed by atoms with van der Waals surface area (Å²) < 4.78 is 2.01. The molecule has 0 saturated heterocycles. The lowest BCUT2D eigenvalue weighted by Crippen LogP contribution is -2.29. The van der Waals surface area contributed by atoms with Gasteiger partial charge in [0.2, 0.25) is 0 Å². The normalized spacial score (nSPS) is 13.0. The maximum atomic E-state index is 12.3. The smallest absolute Gasteiger partial charge is 0.261 e. The van der Waals surface area contributed by atoms with E-state index in [2.05, 4.69) is 5.73 Å². The highest BCUT2D eigenvalue weighted by Crippen LogP contribution is 2.25. The van der Waals surface area contributed by atoms with Crippen molar-refractivity contribution in [3.63, 3.8) is 0 Å². The van der Waals surface area contributed by atoms with Gasteiger partial charge in [-0.25, -0.2) is 0 Å². The second-order valence-electron chi connectivity index (χ2n) is 5.29. The van der Waals surface area contributed by atoms with Gasteiger partial charge in [-0.05, 0) is 62.9 Å². The molecule has 0 unspecified atom stereocenters. The molecule has 1 heterocycles. The molecule has 0 fully saturated rings. The van der Waals surface area contributed by atoms with E-state index in [0.717, 1.165) is 10.5 Å². The van der Waals surface area contributed by atoms with Crippen LogP contribution in [0.5, 0.6) is 0 Å². The molecule has 0 saturated carbocycles. The molecule has 3 rings (SSSR count). The fraction of sp³-hybridized carbons (Fsp3) is 0.222. The van der Waals surface area contributed by atoms with Crippen LogP contribution < -0.4 is 5.73 Å². The molecular formula is C18H21N3O2S. The van der Waals surface area contributed by atoms with Crippen molar-refractivity contribution < 1.29 is 9.59 Å². The van der Waals surface area contributed by atoms with Crippen molar-refractivity contribution in [3.05, 3.63) is 65.2 Å². The van der Waals surface area contributed by atoms with Crippen LogP contribution in [0, 0.1) is 0 Å². The Kier molecular flexibility index (Phi) is 6.14. The lowest BCUT2D eigenvalue weighted by molar-refractivity contribution is 0.0642. The summed E-state index contributed by atoms with van der Waals surface area (Å²) in [6, 6.07) is 14.9. The standard InChI is InChI=1S/C17H16N2O2S.CH5N/c1-18(2)22-13-9-7-12(8-10-13)11-19-16(20)14-5-3-4-6-15(14)17(19)21;1-2/h3-10H,11H2,1-2H3;2H2,1H3. The fourth-order valence-corrected chi connectivity index (χ4v) is 3.11. The third-order valence-electron chi connectivity index (χ3n) is 3.43. The molecule has 0 atom stereocenters. The number of nitrogens with zero attached hydrogens (tertiary/aromatic N) is 2. The molecular weight excluding hydrogens is 322 g/mol. The number of benzene rings is 2. The number of hydrogen-bond donors (Lipinski definition) is 1. The molecule has 1 aliphatic rings. The van der Waals surface area contributed by atoms with Crippen molar-refractivity contribution in [2.75, 3.05) is 21.1 Å². The Morgan fingerprint density at radius 2 is 1.42 bits per heavy atom. The van der Waals surface area contributed by atoms with Gasteiger partial charge in [0.05, 0.1) is 17.7 Å². The van der Waals surface area contributed by atoms with Crippen LogP contribution in [0.1, 0.15) is 26.3 Å². The first kappa shape index (κ1) is 18.2. The maximum Gasteiger partial charge on any atom is 0.261 e. The van der Waals surface area contributed by atoms with Gasteiger partial charge in [-0.3, -0.25) is 18.8 Å². The Bertz CT molecular complexity index is 694. The zero-order chi connectivity index (χ0) is 17.7. The first-order valence-corrected chi connectivity index (χ1v) is 8.31. The van der Waals surface area contributed by atoms with Gasteiger partial charge >= 0.3 is 0 Å². The third-order valence-corrected chi connectivity index (χ3v) is 4.28. The summed E-state index contributed by atoms with van der Waals surface area (Å²) in [5, 5.41) is 0. The zero-order valence-electron chi connectivity index (χ0n) is 14.0. The summed E-state index contributed by atoms with van der Waals surface area (Å²) in [5.74, 6) is -0.431. The highest BCUT2D eigenvalue weighted by atomic mass is 32.2. The molecule has 2 N–H and O–H groups in total. The van der Waals surface area contributed by atoms with Crippen LogP contribution in [-0.2, 0) is 6.54 Å². The van der Waals surface area contributed by atoms with Crippen LogP contribution in [0.4, 0.5) is 0 Å². The number of fused-ring (bicyclic) bond motifs is 1. The maximum absolute atomic E-state index is 12.3. The lowest BCUT2D eigenvalue weighted by Gasteiger charge is -2.14. The van der Waals surface area contributed by atoms with E-state index in [9.17, 15) is 9.59 Å². The Labute approximate surface area is 146 Å². The summed E-state index contributed by atoms with van der Waals surface area (Å²) in [6.07, 6.45) is 0. The summed E-state index contributed by atoms with van der Waals surface area (Å²) in [6.45, 7) is 0.305. The number of carbonyl (C=O) groups excluding carboxylic acids is 2. The molecule has 0 bridgehead atoms. The van der Waals surface area contributed by atoms with E-state index in [1.165, 1.54) is 11.9 Å². The molecule has 0 aromatic heterocycles. The molecule has 2 aromatic rings. The van der Waals surface area contributed by atoms with Gasteiger partial charge in [0.1, 0.15) is 0 Å². The average molecular weight is 343 g/mol. The topological polar surface area (TPSA) is 66.6 Å². The number of carbonyl (C=O) groups is 2. The second kappa shape index (κ2) is 8.10. The number of amides is 2. The molecule has 0 aliphatic carbocycles. The molecule has 5 nitrogen and oxygen atoms in total. The van der Waals surface area contributed by atoms with Crippen molar-refractivity contribution in [2.45, 2.75) is 11.4 Å². The van der Waals surface area contributed by atoms with Crippen molar-refractivity contribution >= 4 is 23.8 Å². The predicted octanol–water partition coefficient (Wildman–Crippen LogP) is 2.63. The van der Waals surface area contributed by atoms with Crippen molar-refractivity contribution in [3.8, 4) is 0 Å². The summed E-state index contributed by atoms with van der Waals surface area (Å²) in [5.41, 5.74) is 6.43. The van der Waals surface area contributed by atoms with E-state index in [4.69, 9.17) is 0 Å².